The molecule has 0 aliphatic carbocycles. The topological polar surface area (TPSA) is 67.9 Å². The summed E-state index contributed by atoms with van der Waals surface area (Å²) in [4.78, 5) is 31.1. The monoisotopic (exact) mass is 389 g/mol. The molecule has 8 heteroatoms. The van der Waals surface area contributed by atoms with Crippen molar-refractivity contribution in [2.45, 2.75) is 19.4 Å². The van der Waals surface area contributed by atoms with E-state index >= 15 is 0 Å². The summed E-state index contributed by atoms with van der Waals surface area (Å²) in [6.07, 6.45) is 0.155. The number of hydrogen-bond donors (Lipinski definition) is 2. The number of amides is 2. The zero-order valence-corrected chi connectivity index (χ0v) is 16.5. The number of nitrogens with zero attached hydrogens (tertiary/aromatic N) is 3. The predicted molar refractivity (Wildman–Crippen MR) is 110 cm³/mol. The first-order valence-electron chi connectivity index (χ1n) is 9.50. The average Bonchev–Trinajstić information content (AvgIpc) is 2.70. The van der Waals surface area contributed by atoms with Gasteiger partial charge in [0.2, 0.25) is 11.8 Å². The Kier molecular flexibility index (Phi) is 6.49. The lowest BCUT2D eigenvalue weighted by Crippen LogP contribution is -2.60. The molecule has 0 bridgehead atoms. The van der Waals surface area contributed by atoms with Crippen molar-refractivity contribution >= 4 is 34.8 Å². The predicted octanol–water partition coefficient (Wildman–Crippen LogP) is 0.420. The van der Waals surface area contributed by atoms with Crippen LogP contribution < -0.4 is 15.5 Å². The van der Waals surface area contributed by atoms with Crippen LogP contribution in [0.1, 0.15) is 13.3 Å². The van der Waals surface area contributed by atoms with Crippen molar-refractivity contribution < 1.29 is 9.59 Å². The Morgan fingerprint density at radius 2 is 1.89 bits per heavy atom. The fourth-order valence-electron chi connectivity index (χ4n) is 3.56. The van der Waals surface area contributed by atoms with E-state index in [4.69, 9.17) is 12.2 Å². The molecule has 7 nitrogen and oxygen atoms in total. The quantitative estimate of drug-likeness (QED) is 0.728. The van der Waals surface area contributed by atoms with E-state index in [1.54, 1.807) is 0 Å². The lowest BCUT2D eigenvalue weighted by atomic mass is 10.1. The van der Waals surface area contributed by atoms with Crippen LogP contribution in [0.5, 0.6) is 0 Å². The van der Waals surface area contributed by atoms with Gasteiger partial charge in [0.15, 0.2) is 5.11 Å². The molecule has 2 N–H and O–H groups in total. The molecule has 146 valence electrons. The van der Waals surface area contributed by atoms with Crippen molar-refractivity contribution in [2.75, 3.05) is 50.7 Å². The summed E-state index contributed by atoms with van der Waals surface area (Å²) in [6, 6.07) is 9.69. The van der Waals surface area contributed by atoms with Crippen LogP contribution in [0.25, 0.3) is 0 Å². The summed E-state index contributed by atoms with van der Waals surface area (Å²) in [5, 5.41) is 6.48. The van der Waals surface area contributed by atoms with Gasteiger partial charge in [0.05, 0.1) is 6.42 Å². The number of para-hydroxylation sites is 1. The van der Waals surface area contributed by atoms with Crippen molar-refractivity contribution in [3.63, 3.8) is 0 Å². The summed E-state index contributed by atoms with van der Waals surface area (Å²) in [6.45, 7) is 6.75. The SMILES string of the molecule is CCNC(=S)N1CCNC(=O)[C@H]1CC(=O)N1CCN(c2ccccc2)CC1. The first-order chi connectivity index (χ1) is 13.1. The number of carbonyl (C=O) groups is 2. The van der Waals surface area contributed by atoms with Crippen molar-refractivity contribution in [3.8, 4) is 0 Å². The molecular formula is C19H27N5O2S. The number of nitrogens with one attached hydrogen (secondary N) is 2. The Hall–Kier alpha value is -2.35. The number of rotatable bonds is 4. The number of hydrogen-bond acceptors (Lipinski definition) is 4. The maximum atomic E-state index is 12.8. The van der Waals surface area contributed by atoms with E-state index in [9.17, 15) is 9.59 Å². The molecule has 0 saturated carbocycles. The summed E-state index contributed by atoms with van der Waals surface area (Å²) < 4.78 is 0. The third kappa shape index (κ3) is 4.68. The van der Waals surface area contributed by atoms with Gasteiger partial charge in [-0.1, -0.05) is 18.2 Å². The summed E-state index contributed by atoms with van der Waals surface area (Å²) >= 11 is 5.39. The van der Waals surface area contributed by atoms with Crippen LogP contribution in [0, 0.1) is 0 Å². The zero-order chi connectivity index (χ0) is 19.2. The van der Waals surface area contributed by atoms with Gasteiger partial charge in [-0.15, -0.1) is 0 Å². The second kappa shape index (κ2) is 9.03. The summed E-state index contributed by atoms with van der Waals surface area (Å²) in [7, 11) is 0. The van der Waals surface area contributed by atoms with Crippen LogP contribution in [0.3, 0.4) is 0 Å². The Labute approximate surface area is 165 Å². The third-order valence-corrected chi connectivity index (χ3v) is 5.42. The highest BCUT2D eigenvalue weighted by Crippen LogP contribution is 2.17. The van der Waals surface area contributed by atoms with Crippen molar-refractivity contribution in [1.82, 2.24) is 20.4 Å². The van der Waals surface area contributed by atoms with E-state index < -0.39 is 6.04 Å². The van der Waals surface area contributed by atoms with Crippen LogP contribution in [0.4, 0.5) is 5.69 Å². The van der Waals surface area contributed by atoms with Crippen LogP contribution in [0.2, 0.25) is 0 Å². The van der Waals surface area contributed by atoms with Crippen molar-refractivity contribution in [1.29, 1.82) is 0 Å². The number of benzene rings is 1. The van der Waals surface area contributed by atoms with Gasteiger partial charge >= 0.3 is 0 Å². The molecule has 0 aromatic heterocycles. The maximum Gasteiger partial charge on any atom is 0.243 e. The second-order valence-electron chi connectivity index (χ2n) is 6.74. The lowest BCUT2D eigenvalue weighted by Gasteiger charge is -2.39. The molecule has 0 radical (unpaired) electrons. The maximum absolute atomic E-state index is 12.8. The third-order valence-electron chi connectivity index (χ3n) is 5.04. The number of carbonyl (C=O) groups excluding carboxylic acids is 2. The van der Waals surface area contributed by atoms with E-state index in [2.05, 4.69) is 27.7 Å². The van der Waals surface area contributed by atoms with E-state index in [0.717, 1.165) is 13.1 Å². The highest BCUT2D eigenvalue weighted by Gasteiger charge is 2.34. The zero-order valence-electron chi connectivity index (χ0n) is 15.7. The molecule has 0 spiro atoms. The normalized spacial score (nSPS) is 20.3. The average molecular weight is 390 g/mol. The summed E-state index contributed by atoms with van der Waals surface area (Å²) in [5.41, 5.74) is 1.18. The lowest BCUT2D eigenvalue weighted by molar-refractivity contribution is -0.137. The standard InChI is InChI=1S/C19H27N5O2S/c1-2-20-19(27)24-9-8-21-18(26)16(24)14-17(25)23-12-10-22(11-13-23)15-6-4-3-5-7-15/h3-7,16H,2,8-14H2,1H3,(H,20,27)(H,21,26)/t16-/m1/s1. The molecule has 27 heavy (non-hydrogen) atoms. The minimum absolute atomic E-state index is 0.00839. The Bertz CT molecular complexity index is 676. The van der Waals surface area contributed by atoms with Crippen molar-refractivity contribution in [3.05, 3.63) is 30.3 Å². The highest BCUT2D eigenvalue weighted by molar-refractivity contribution is 7.80. The van der Waals surface area contributed by atoms with Gasteiger partial charge in [-0.3, -0.25) is 9.59 Å². The molecule has 2 aliphatic heterocycles. The first kappa shape index (κ1) is 19.4. The van der Waals surface area contributed by atoms with Crippen LogP contribution >= 0.6 is 12.2 Å². The Morgan fingerprint density at radius 3 is 2.56 bits per heavy atom. The Balaban J connectivity index is 1.57. The number of anilines is 1. The largest absolute Gasteiger partial charge is 0.368 e. The van der Waals surface area contributed by atoms with E-state index in [1.807, 2.05) is 34.9 Å². The molecule has 1 aromatic rings. The van der Waals surface area contributed by atoms with Gasteiger partial charge in [-0.05, 0) is 31.3 Å². The van der Waals surface area contributed by atoms with Crippen LogP contribution in [0.15, 0.2) is 30.3 Å². The van der Waals surface area contributed by atoms with E-state index in [1.165, 1.54) is 5.69 Å². The minimum atomic E-state index is -0.537. The molecule has 1 aromatic carbocycles. The van der Waals surface area contributed by atoms with Crippen LogP contribution in [-0.4, -0.2) is 78.6 Å². The van der Waals surface area contributed by atoms with Gasteiger partial charge in [0, 0.05) is 51.5 Å². The smallest absolute Gasteiger partial charge is 0.243 e. The molecule has 2 saturated heterocycles. The molecule has 1 atom stereocenters. The van der Waals surface area contributed by atoms with Gasteiger partial charge in [-0.2, -0.15) is 0 Å². The van der Waals surface area contributed by atoms with Gasteiger partial charge < -0.3 is 25.3 Å². The Morgan fingerprint density at radius 1 is 1.19 bits per heavy atom. The highest BCUT2D eigenvalue weighted by atomic mass is 32.1. The first-order valence-corrected chi connectivity index (χ1v) is 9.91. The summed E-state index contributed by atoms with van der Waals surface area (Å²) in [5.74, 6) is -0.119. The molecule has 3 rings (SSSR count). The van der Waals surface area contributed by atoms with E-state index in [0.29, 0.717) is 37.8 Å². The van der Waals surface area contributed by atoms with Crippen molar-refractivity contribution in [2.24, 2.45) is 0 Å². The van der Waals surface area contributed by atoms with Crippen LogP contribution in [-0.2, 0) is 9.59 Å². The number of thiocarbonyl (C=S) groups is 1. The fraction of sp³-hybridized carbons (Fsp3) is 0.526. The molecule has 2 fully saturated rings. The fourth-order valence-corrected chi connectivity index (χ4v) is 3.92. The molecular weight excluding hydrogens is 362 g/mol. The second-order valence-corrected chi connectivity index (χ2v) is 7.13. The van der Waals surface area contributed by atoms with Gasteiger partial charge in [0.25, 0.3) is 0 Å². The minimum Gasteiger partial charge on any atom is -0.368 e. The molecule has 2 amide bonds. The molecule has 2 aliphatic rings. The van der Waals surface area contributed by atoms with Gasteiger partial charge in [-0.25, -0.2) is 0 Å². The molecule has 2 heterocycles. The van der Waals surface area contributed by atoms with Gasteiger partial charge in [0.1, 0.15) is 6.04 Å². The van der Waals surface area contributed by atoms with E-state index in [-0.39, 0.29) is 18.2 Å². The number of piperazine rings is 2. The molecule has 0 unspecified atom stereocenters.